The van der Waals surface area contributed by atoms with Crippen molar-refractivity contribution in [3.63, 3.8) is 0 Å². The third-order valence-corrected chi connectivity index (χ3v) is 8.88. The SMILES string of the molecule is CC(C)(C)OC(=O)C1NC=CC=C1CCO[Si](C)(C)C(C)(C)C. The van der Waals surface area contributed by atoms with E-state index in [0.29, 0.717) is 6.61 Å². The lowest BCUT2D eigenvalue weighted by atomic mass is 10.0. The Labute approximate surface area is 142 Å². The van der Waals surface area contributed by atoms with Crippen molar-refractivity contribution in [2.75, 3.05) is 6.61 Å². The topological polar surface area (TPSA) is 47.6 Å². The number of esters is 1. The van der Waals surface area contributed by atoms with E-state index in [1.165, 1.54) is 0 Å². The quantitative estimate of drug-likeness (QED) is 0.604. The molecule has 23 heavy (non-hydrogen) atoms. The number of allylic oxidation sites excluding steroid dienone is 2. The third kappa shape index (κ3) is 6.15. The van der Waals surface area contributed by atoms with Crippen molar-refractivity contribution in [1.82, 2.24) is 5.32 Å². The predicted molar refractivity (Wildman–Crippen MR) is 97.8 cm³/mol. The summed E-state index contributed by atoms with van der Waals surface area (Å²) in [4.78, 5) is 12.4. The van der Waals surface area contributed by atoms with Gasteiger partial charge in [0.2, 0.25) is 0 Å². The lowest BCUT2D eigenvalue weighted by Crippen LogP contribution is -2.43. The molecule has 1 aliphatic rings. The van der Waals surface area contributed by atoms with Crippen molar-refractivity contribution < 1.29 is 14.0 Å². The summed E-state index contributed by atoms with van der Waals surface area (Å²) in [6, 6.07) is -0.415. The number of carbonyl (C=O) groups is 1. The van der Waals surface area contributed by atoms with Crippen molar-refractivity contribution in [2.45, 2.75) is 77.7 Å². The van der Waals surface area contributed by atoms with Gasteiger partial charge in [0.1, 0.15) is 11.6 Å². The summed E-state index contributed by atoms with van der Waals surface area (Å²) in [6.45, 7) is 17.5. The Balaban J connectivity index is 2.65. The van der Waals surface area contributed by atoms with E-state index in [2.05, 4.69) is 39.2 Å². The fourth-order valence-corrected chi connectivity index (χ4v) is 3.02. The van der Waals surface area contributed by atoms with Crippen molar-refractivity contribution >= 4 is 14.3 Å². The molecule has 0 amide bonds. The highest BCUT2D eigenvalue weighted by Gasteiger charge is 2.37. The van der Waals surface area contributed by atoms with E-state index in [4.69, 9.17) is 9.16 Å². The molecule has 1 aliphatic heterocycles. The highest BCUT2D eigenvalue weighted by atomic mass is 28.4. The van der Waals surface area contributed by atoms with Crippen molar-refractivity contribution in [3.8, 4) is 0 Å². The van der Waals surface area contributed by atoms with Gasteiger partial charge in [-0.2, -0.15) is 0 Å². The molecule has 1 atom stereocenters. The molecule has 0 saturated heterocycles. The summed E-state index contributed by atoms with van der Waals surface area (Å²) in [5, 5.41) is 3.29. The molecule has 0 aromatic carbocycles. The van der Waals surface area contributed by atoms with Crippen LogP contribution in [-0.4, -0.2) is 32.5 Å². The summed E-state index contributed by atoms with van der Waals surface area (Å²) in [5.41, 5.74) is 0.531. The van der Waals surface area contributed by atoms with Crippen LogP contribution in [0.5, 0.6) is 0 Å². The first kappa shape index (κ1) is 20.0. The minimum absolute atomic E-state index is 0.191. The smallest absolute Gasteiger partial charge is 0.333 e. The number of rotatable bonds is 5. The van der Waals surface area contributed by atoms with Gasteiger partial charge in [0.25, 0.3) is 0 Å². The molecule has 0 bridgehead atoms. The monoisotopic (exact) mass is 339 g/mol. The number of hydrogen-bond acceptors (Lipinski definition) is 4. The lowest BCUT2D eigenvalue weighted by Gasteiger charge is -2.36. The Morgan fingerprint density at radius 1 is 1.22 bits per heavy atom. The molecule has 0 aromatic heterocycles. The molecule has 0 aromatic rings. The van der Waals surface area contributed by atoms with Gasteiger partial charge in [-0.3, -0.25) is 0 Å². The lowest BCUT2D eigenvalue weighted by molar-refractivity contribution is -0.156. The molecule has 0 spiro atoms. The van der Waals surface area contributed by atoms with E-state index in [1.54, 1.807) is 6.20 Å². The Kier molecular flexibility index (Phi) is 6.27. The summed E-state index contributed by atoms with van der Waals surface area (Å²) in [6.07, 6.45) is 6.42. The summed E-state index contributed by atoms with van der Waals surface area (Å²) >= 11 is 0. The number of nitrogens with one attached hydrogen (secondary N) is 1. The molecule has 1 N–H and O–H groups in total. The van der Waals surface area contributed by atoms with Gasteiger partial charge in [0.05, 0.1) is 0 Å². The zero-order valence-electron chi connectivity index (χ0n) is 15.9. The molecular formula is C18H33NO3Si. The number of dihydropyridines is 1. The minimum Gasteiger partial charge on any atom is -0.458 e. The largest absolute Gasteiger partial charge is 0.458 e. The van der Waals surface area contributed by atoms with Crippen LogP contribution in [0.2, 0.25) is 18.1 Å². The fraction of sp³-hybridized carbons (Fsp3) is 0.722. The second kappa shape index (κ2) is 7.22. The first-order chi connectivity index (χ1) is 10.3. The second-order valence-corrected chi connectivity index (χ2v) is 13.4. The van der Waals surface area contributed by atoms with Gasteiger partial charge in [0, 0.05) is 6.61 Å². The average Bonchev–Trinajstić information content (AvgIpc) is 2.35. The second-order valence-electron chi connectivity index (χ2n) is 8.59. The average molecular weight is 340 g/mol. The molecule has 0 aliphatic carbocycles. The summed E-state index contributed by atoms with van der Waals surface area (Å²) in [5.74, 6) is -0.236. The number of carbonyl (C=O) groups excluding carboxylic acids is 1. The van der Waals surface area contributed by atoms with Crippen LogP contribution in [0.3, 0.4) is 0 Å². The van der Waals surface area contributed by atoms with E-state index >= 15 is 0 Å². The van der Waals surface area contributed by atoms with Gasteiger partial charge in [0.15, 0.2) is 8.32 Å². The Bertz CT molecular complexity index is 481. The Hall–Kier alpha value is -1.07. The van der Waals surface area contributed by atoms with E-state index in [0.717, 1.165) is 12.0 Å². The molecule has 0 radical (unpaired) electrons. The van der Waals surface area contributed by atoms with E-state index in [1.807, 2.05) is 32.9 Å². The zero-order chi connectivity index (χ0) is 17.9. The van der Waals surface area contributed by atoms with E-state index < -0.39 is 20.0 Å². The van der Waals surface area contributed by atoms with Crippen LogP contribution in [-0.2, 0) is 14.0 Å². The third-order valence-electron chi connectivity index (χ3n) is 4.34. The van der Waals surface area contributed by atoms with Gasteiger partial charge < -0.3 is 14.5 Å². The van der Waals surface area contributed by atoms with Crippen LogP contribution in [0.4, 0.5) is 0 Å². The molecule has 1 rings (SSSR count). The standard InChI is InChI=1S/C18H33NO3Si/c1-17(2,3)22-16(20)15-14(10-9-12-19-15)11-13-21-23(7,8)18(4,5)6/h9-10,12,15,19H,11,13H2,1-8H3. The molecule has 1 unspecified atom stereocenters. The van der Waals surface area contributed by atoms with Crippen molar-refractivity contribution in [1.29, 1.82) is 0 Å². The van der Waals surface area contributed by atoms with Crippen LogP contribution in [0.1, 0.15) is 48.0 Å². The fourth-order valence-electron chi connectivity index (χ4n) is 1.98. The van der Waals surface area contributed by atoms with Gasteiger partial charge in [-0.05, 0) is 63.2 Å². The molecule has 5 heteroatoms. The van der Waals surface area contributed by atoms with Crippen molar-refractivity contribution in [2.24, 2.45) is 0 Å². The Morgan fingerprint density at radius 3 is 2.35 bits per heavy atom. The highest BCUT2D eigenvalue weighted by molar-refractivity contribution is 6.74. The van der Waals surface area contributed by atoms with Crippen LogP contribution in [0.15, 0.2) is 23.9 Å². The summed E-state index contributed by atoms with van der Waals surface area (Å²) in [7, 11) is -1.76. The summed E-state index contributed by atoms with van der Waals surface area (Å²) < 4.78 is 11.7. The van der Waals surface area contributed by atoms with Crippen molar-refractivity contribution in [3.05, 3.63) is 23.9 Å². The normalized spacial score (nSPS) is 19.1. The molecule has 132 valence electrons. The van der Waals surface area contributed by atoms with E-state index in [-0.39, 0.29) is 11.0 Å². The highest BCUT2D eigenvalue weighted by Crippen LogP contribution is 2.36. The molecule has 4 nitrogen and oxygen atoms in total. The maximum absolute atomic E-state index is 12.4. The first-order valence-electron chi connectivity index (χ1n) is 8.32. The van der Waals surface area contributed by atoms with Crippen LogP contribution >= 0.6 is 0 Å². The maximum atomic E-state index is 12.4. The van der Waals surface area contributed by atoms with Crippen LogP contribution < -0.4 is 5.32 Å². The molecular weight excluding hydrogens is 306 g/mol. The van der Waals surface area contributed by atoms with Crippen LogP contribution in [0, 0.1) is 0 Å². The molecule has 0 saturated carbocycles. The number of ether oxygens (including phenoxy) is 1. The van der Waals surface area contributed by atoms with E-state index in [9.17, 15) is 4.79 Å². The molecule has 1 heterocycles. The van der Waals surface area contributed by atoms with Crippen LogP contribution in [0.25, 0.3) is 0 Å². The van der Waals surface area contributed by atoms with Gasteiger partial charge in [-0.25, -0.2) is 4.79 Å². The van der Waals surface area contributed by atoms with Gasteiger partial charge >= 0.3 is 5.97 Å². The first-order valence-corrected chi connectivity index (χ1v) is 11.2. The van der Waals surface area contributed by atoms with Gasteiger partial charge in [-0.1, -0.05) is 26.8 Å². The molecule has 0 fully saturated rings. The zero-order valence-corrected chi connectivity index (χ0v) is 16.9. The number of hydrogen-bond donors (Lipinski definition) is 1. The minimum atomic E-state index is -1.76. The maximum Gasteiger partial charge on any atom is 0.333 e. The van der Waals surface area contributed by atoms with Gasteiger partial charge in [-0.15, -0.1) is 0 Å². The Morgan fingerprint density at radius 2 is 1.83 bits per heavy atom. The predicted octanol–water partition coefficient (Wildman–Crippen LogP) is 4.15.